The molecule has 0 aromatic rings. The molecule has 1 saturated carbocycles. The maximum absolute atomic E-state index is 3.84. The number of hydrogen-bond donors (Lipinski definition) is 0. The highest BCUT2D eigenvalue weighted by molar-refractivity contribution is 5.38. The molecule has 2 aliphatic rings. The molecular weight excluding hydrogens is 204 g/mol. The van der Waals surface area contributed by atoms with Gasteiger partial charge in [-0.25, -0.2) is 0 Å². The maximum Gasteiger partial charge on any atom is -0.00813 e. The summed E-state index contributed by atoms with van der Waals surface area (Å²) in [6.07, 6.45) is 9.45. The molecule has 0 bridgehead atoms. The SMILES string of the molecule is C=CC(C)C=CC1=C(C)CC1C1CC(C)C1C. The highest BCUT2D eigenvalue weighted by atomic mass is 14.5. The van der Waals surface area contributed by atoms with Crippen LogP contribution in [-0.2, 0) is 0 Å². The summed E-state index contributed by atoms with van der Waals surface area (Å²) >= 11 is 0. The van der Waals surface area contributed by atoms with Gasteiger partial charge in [0.15, 0.2) is 0 Å². The first-order valence-corrected chi connectivity index (χ1v) is 7.05. The van der Waals surface area contributed by atoms with E-state index in [1.807, 2.05) is 6.08 Å². The van der Waals surface area contributed by atoms with Crippen LogP contribution < -0.4 is 0 Å². The minimum atomic E-state index is 0.495. The molecule has 0 heteroatoms. The summed E-state index contributed by atoms with van der Waals surface area (Å²) in [7, 11) is 0. The van der Waals surface area contributed by atoms with Gasteiger partial charge in [0, 0.05) is 0 Å². The maximum atomic E-state index is 3.84. The first kappa shape index (κ1) is 12.7. The average Bonchev–Trinajstić information content (AvgIpc) is 2.32. The minimum Gasteiger partial charge on any atom is -0.102 e. The van der Waals surface area contributed by atoms with Gasteiger partial charge in [-0.3, -0.25) is 0 Å². The fourth-order valence-electron chi connectivity index (χ4n) is 3.34. The molecule has 0 aliphatic heterocycles. The van der Waals surface area contributed by atoms with E-state index in [2.05, 4.69) is 46.4 Å². The molecule has 5 unspecified atom stereocenters. The summed E-state index contributed by atoms with van der Waals surface area (Å²) < 4.78 is 0. The predicted octanol–water partition coefficient (Wildman–Crippen LogP) is 4.99. The standard InChI is InChI=1S/C17H26/c1-6-11(2)7-8-15-13(4)10-17(15)16-9-12(3)14(16)5/h6-8,11-12,14,16-17H,1,9-10H2,2-5H3. The summed E-state index contributed by atoms with van der Waals surface area (Å²) in [6, 6.07) is 0. The van der Waals surface area contributed by atoms with Crippen LogP contribution in [0, 0.1) is 29.6 Å². The molecular formula is C17H26. The summed E-state index contributed by atoms with van der Waals surface area (Å²) in [4.78, 5) is 0. The summed E-state index contributed by atoms with van der Waals surface area (Å²) in [5.41, 5.74) is 3.23. The molecule has 0 amide bonds. The monoisotopic (exact) mass is 230 g/mol. The first-order valence-electron chi connectivity index (χ1n) is 7.05. The third kappa shape index (κ3) is 2.27. The third-order valence-electron chi connectivity index (χ3n) is 5.10. The van der Waals surface area contributed by atoms with Crippen LogP contribution in [0.3, 0.4) is 0 Å². The molecule has 5 atom stereocenters. The van der Waals surface area contributed by atoms with E-state index in [0.717, 1.165) is 23.7 Å². The zero-order valence-electron chi connectivity index (χ0n) is 11.7. The normalized spacial score (nSPS) is 38.8. The zero-order chi connectivity index (χ0) is 12.6. The molecule has 94 valence electrons. The summed E-state index contributed by atoms with van der Waals surface area (Å²) in [5.74, 6) is 4.17. The van der Waals surface area contributed by atoms with E-state index in [-0.39, 0.29) is 0 Å². The lowest BCUT2D eigenvalue weighted by atomic mass is 9.55. The van der Waals surface area contributed by atoms with E-state index in [0.29, 0.717) is 5.92 Å². The Morgan fingerprint density at radius 1 is 1.35 bits per heavy atom. The van der Waals surface area contributed by atoms with Gasteiger partial charge in [0.1, 0.15) is 0 Å². The van der Waals surface area contributed by atoms with Gasteiger partial charge in [0.05, 0.1) is 0 Å². The molecule has 0 aromatic heterocycles. The zero-order valence-corrected chi connectivity index (χ0v) is 11.7. The smallest absolute Gasteiger partial charge is 0.00813 e. The lowest BCUT2D eigenvalue weighted by Gasteiger charge is -2.49. The van der Waals surface area contributed by atoms with E-state index < -0.39 is 0 Å². The highest BCUT2D eigenvalue weighted by Crippen LogP contribution is 2.53. The van der Waals surface area contributed by atoms with Gasteiger partial charge in [-0.1, -0.05) is 44.6 Å². The van der Waals surface area contributed by atoms with Crippen LogP contribution in [0.4, 0.5) is 0 Å². The van der Waals surface area contributed by atoms with Crippen LogP contribution in [0.1, 0.15) is 40.5 Å². The van der Waals surface area contributed by atoms with Crippen LogP contribution in [0.15, 0.2) is 36.0 Å². The third-order valence-corrected chi connectivity index (χ3v) is 5.10. The van der Waals surface area contributed by atoms with Crippen LogP contribution in [0.2, 0.25) is 0 Å². The lowest BCUT2D eigenvalue weighted by molar-refractivity contribution is 0.0550. The summed E-state index contributed by atoms with van der Waals surface area (Å²) in [5, 5.41) is 0. The van der Waals surface area contributed by atoms with Crippen molar-refractivity contribution in [3.63, 3.8) is 0 Å². The second kappa shape index (κ2) is 4.84. The van der Waals surface area contributed by atoms with Crippen molar-refractivity contribution in [1.82, 2.24) is 0 Å². The first-order chi connectivity index (χ1) is 8.04. The Kier molecular flexibility index (Phi) is 3.61. The predicted molar refractivity (Wildman–Crippen MR) is 75.7 cm³/mol. The van der Waals surface area contributed by atoms with Crippen molar-refractivity contribution >= 4 is 0 Å². The van der Waals surface area contributed by atoms with Gasteiger partial charge in [-0.05, 0) is 54.9 Å². The highest BCUT2D eigenvalue weighted by Gasteiger charge is 2.43. The van der Waals surface area contributed by atoms with Gasteiger partial charge in [-0.2, -0.15) is 0 Å². The Morgan fingerprint density at radius 2 is 2.06 bits per heavy atom. The molecule has 0 spiro atoms. The van der Waals surface area contributed by atoms with E-state index in [9.17, 15) is 0 Å². The Labute approximate surface area is 106 Å². The minimum absolute atomic E-state index is 0.495. The summed E-state index contributed by atoms with van der Waals surface area (Å²) in [6.45, 7) is 13.2. The van der Waals surface area contributed by atoms with E-state index in [1.165, 1.54) is 12.8 Å². The van der Waals surface area contributed by atoms with Crippen LogP contribution in [-0.4, -0.2) is 0 Å². The fourth-order valence-corrected chi connectivity index (χ4v) is 3.34. The van der Waals surface area contributed by atoms with Gasteiger partial charge >= 0.3 is 0 Å². The molecule has 0 aromatic carbocycles. The Bertz CT molecular complexity index is 358. The van der Waals surface area contributed by atoms with Gasteiger partial charge in [0.2, 0.25) is 0 Å². The molecule has 0 saturated heterocycles. The second-order valence-corrected chi connectivity index (χ2v) is 6.24. The molecule has 0 radical (unpaired) electrons. The Hall–Kier alpha value is -0.780. The van der Waals surface area contributed by atoms with Gasteiger partial charge in [0.25, 0.3) is 0 Å². The average molecular weight is 230 g/mol. The fraction of sp³-hybridized carbons (Fsp3) is 0.647. The molecule has 1 fully saturated rings. The Morgan fingerprint density at radius 3 is 2.53 bits per heavy atom. The molecule has 2 rings (SSSR count). The lowest BCUT2D eigenvalue weighted by Crippen LogP contribution is -2.41. The quantitative estimate of drug-likeness (QED) is 0.597. The van der Waals surface area contributed by atoms with Crippen molar-refractivity contribution in [3.8, 4) is 0 Å². The number of allylic oxidation sites excluding steroid dienone is 5. The molecule has 0 nitrogen and oxygen atoms in total. The molecule has 2 aliphatic carbocycles. The topological polar surface area (TPSA) is 0 Å². The second-order valence-electron chi connectivity index (χ2n) is 6.24. The van der Waals surface area contributed by atoms with E-state index >= 15 is 0 Å². The van der Waals surface area contributed by atoms with Gasteiger partial charge in [-0.15, -0.1) is 6.58 Å². The van der Waals surface area contributed by atoms with Crippen molar-refractivity contribution in [3.05, 3.63) is 36.0 Å². The van der Waals surface area contributed by atoms with E-state index in [1.54, 1.807) is 11.1 Å². The van der Waals surface area contributed by atoms with E-state index in [4.69, 9.17) is 0 Å². The number of rotatable bonds is 4. The Balaban J connectivity index is 2.00. The van der Waals surface area contributed by atoms with Crippen molar-refractivity contribution < 1.29 is 0 Å². The molecule has 0 N–H and O–H groups in total. The molecule has 0 heterocycles. The number of hydrogen-bond acceptors (Lipinski definition) is 0. The van der Waals surface area contributed by atoms with Crippen molar-refractivity contribution in [1.29, 1.82) is 0 Å². The van der Waals surface area contributed by atoms with Crippen LogP contribution >= 0.6 is 0 Å². The van der Waals surface area contributed by atoms with Crippen LogP contribution in [0.25, 0.3) is 0 Å². The van der Waals surface area contributed by atoms with Crippen molar-refractivity contribution in [2.75, 3.05) is 0 Å². The largest absolute Gasteiger partial charge is 0.102 e. The van der Waals surface area contributed by atoms with Crippen molar-refractivity contribution in [2.24, 2.45) is 29.6 Å². The van der Waals surface area contributed by atoms with Gasteiger partial charge < -0.3 is 0 Å². The molecule has 17 heavy (non-hydrogen) atoms. The van der Waals surface area contributed by atoms with Crippen molar-refractivity contribution in [2.45, 2.75) is 40.5 Å². The van der Waals surface area contributed by atoms with Crippen LogP contribution in [0.5, 0.6) is 0 Å².